The largest absolute Gasteiger partial charge is 0.497 e. The van der Waals surface area contributed by atoms with E-state index in [1.54, 1.807) is 0 Å². The number of primary amides is 1. The number of carbonyl (C=O) groups is 4. The average molecular weight is 390 g/mol. The quantitative estimate of drug-likeness (QED) is 0.381. The van der Waals surface area contributed by atoms with Crippen LogP contribution in [0.3, 0.4) is 0 Å². The Morgan fingerprint density at radius 1 is 1.11 bits per heavy atom. The molecule has 152 valence electrons. The van der Waals surface area contributed by atoms with Crippen LogP contribution in [0.4, 0.5) is 4.79 Å². The zero-order chi connectivity index (χ0) is 20.7. The molecule has 0 aliphatic heterocycles. The van der Waals surface area contributed by atoms with Crippen molar-refractivity contribution >= 4 is 23.6 Å². The molecule has 9 nitrogen and oxygen atoms in total. The summed E-state index contributed by atoms with van der Waals surface area (Å²) in [7, 11) is 1.48. The van der Waals surface area contributed by atoms with E-state index in [0.29, 0.717) is 10.8 Å². The van der Waals surface area contributed by atoms with Crippen molar-refractivity contribution in [1.29, 1.82) is 0 Å². The van der Waals surface area contributed by atoms with Gasteiger partial charge in [0.05, 0.1) is 7.11 Å². The molecule has 0 spiro atoms. The molecule has 0 saturated heterocycles. The zero-order valence-corrected chi connectivity index (χ0v) is 16.1. The Bertz CT molecular complexity index is 728. The van der Waals surface area contributed by atoms with Crippen LogP contribution in [0.25, 0.3) is 0 Å². The number of benzene rings is 1. The molecular formula is C19H26N4O5. The van der Waals surface area contributed by atoms with Gasteiger partial charge in [-0.3, -0.25) is 14.4 Å². The molecule has 0 bridgehead atoms. The Kier molecular flexibility index (Phi) is 7.36. The molecule has 1 aromatic carbocycles. The van der Waals surface area contributed by atoms with E-state index in [9.17, 15) is 19.2 Å². The predicted molar refractivity (Wildman–Crippen MR) is 101 cm³/mol. The first kappa shape index (κ1) is 21.2. The maximum Gasteiger partial charge on any atom is 0.331 e. The van der Waals surface area contributed by atoms with Crippen molar-refractivity contribution in [2.45, 2.75) is 51.1 Å². The van der Waals surface area contributed by atoms with Crippen molar-refractivity contribution in [3.8, 4) is 5.75 Å². The number of nitrogens with two attached hydrogens (primary N) is 1. The molecule has 1 saturated carbocycles. The van der Waals surface area contributed by atoms with E-state index in [0.717, 1.165) is 32.1 Å². The molecule has 1 atom stereocenters. The predicted octanol–water partition coefficient (Wildman–Crippen LogP) is 1.13. The van der Waals surface area contributed by atoms with Crippen LogP contribution in [-0.2, 0) is 9.59 Å². The fourth-order valence-corrected chi connectivity index (χ4v) is 3.10. The van der Waals surface area contributed by atoms with Gasteiger partial charge < -0.3 is 15.8 Å². The Balaban J connectivity index is 2.13. The van der Waals surface area contributed by atoms with Crippen LogP contribution in [0.1, 0.15) is 49.4 Å². The number of ketones is 1. The average Bonchev–Trinajstić information content (AvgIpc) is 2.71. The Labute approximate surface area is 163 Å². The van der Waals surface area contributed by atoms with Gasteiger partial charge >= 0.3 is 11.9 Å². The lowest BCUT2D eigenvalue weighted by Gasteiger charge is -2.30. The van der Waals surface area contributed by atoms with Crippen molar-refractivity contribution in [2.75, 3.05) is 7.11 Å². The summed E-state index contributed by atoms with van der Waals surface area (Å²) < 4.78 is 5.02. The van der Waals surface area contributed by atoms with E-state index >= 15 is 0 Å². The summed E-state index contributed by atoms with van der Waals surface area (Å²) in [5.41, 5.74) is 7.31. The summed E-state index contributed by atoms with van der Waals surface area (Å²) in [4.78, 5) is 49.1. The molecular weight excluding hydrogens is 364 g/mol. The zero-order valence-electron chi connectivity index (χ0n) is 16.1. The highest BCUT2D eigenvalue weighted by Crippen LogP contribution is 2.18. The van der Waals surface area contributed by atoms with E-state index in [1.807, 2.05) is 0 Å². The third-order valence-corrected chi connectivity index (χ3v) is 4.71. The van der Waals surface area contributed by atoms with Crippen LogP contribution in [-0.4, -0.2) is 47.8 Å². The maximum atomic E-state index is 12.7. The number of hydrogen-bond donors (Lipinski definition) is 3. The number of methoxy groups -OCH3 is 1. The van der Waals surface area contributed by atoms with Crippen LogP contribution < -0.4 is 21.2 Å². The van der Waals surface area contributed by atoms with Crippen LogP contribution in [0.2, 0.25) is 0 Å². The summed E-state index contributed by atoms with van der Waals surface area (Å²) >= 11 is 0. The SMILES string of the molecule is COc1ccc(C(=O)C(=O)N(NC(N)=O)C(C)C(=O)NC2CCCCC2)cc1. The van der Waals surface area contributed by atoms with Gasteiger partial charge in [-0.05, 0) is 44.0 Å². The third-order valence-electron chi connectivity index (χ3n) is 4.71. The lowest BCUT2D eigenvalue weighted by molar-refractivity contribution is -0.139. The van der Waals surface area contributed by atoms with Gasteiger partial charge in [0.2, 0.25) is 5.91 Å². The van der Waals surface area contributed by atoms with E-state index in [4.69, 9.17) is 10.5 Å². The van der Waals surface area contributed by atoms with Gasteiger partial charge in [0.25, 0.3) is 5.78 Å². The van der Waals surface area contributed by atoms with Gasteiger partial charge in [-0.1, -0.05) is 19.3 Å². The van der Waals surface area contributed by atoms with Gasteiger partial charge in [0.1, 0.15) is 11.8 Å². The number of rotatable bonds is 6. The normalized spacial score (nSPS) is 15.2. The number of ether oxygens (including phenoxy) is 1. The smallest absolute Gasteiger partial charge is 0.331 e. The Hall–Kier alpha value is -3.10. The standard InChI is InChI=1S/C19H26N4O5/c1-12(17(25)21-14-6-4-3-5-7-14)23(22-19(20)27)18(26)16(24)13-8-10-15(28-2)11-9-13/h8-12,14H,3-7H2,1-2H3,(H,21,25)(H3,20,22,27). The number of nitrogens with zero attached hydrogens (tertiary/aromatic N) is 1. The molecule has 28 heavy (non-hydrogen) atoms. The molecule has 1 unspecified atom stereocenters. The Morgan fingerprint density at radius 3 is 2.25 bits per heavy atom. The summed E-state index contributed by atoms with van der Waals surface area (Å²) in [6.07, 6.45) is 4.90. The number of urea groups is 1. The number of hydrazine groups is 1. The minimum absolute atomic E-state index is 0.0199. The van der Waals surface area contributed by atoms with Crippen molar-refractivity contribution < 1.29 is 23.9 Å². The van der Waals surface area contributed by atoms with Crippen LogP contribution in [0, 0.1) is 0 Å². The second-order valence-electron chi connectivity index (χ2n) is 6.73. The molecule has 9 heteroatoms. The first-order valence-corrected chi connectivity index (χ1v) is 9.22. The lowest BCUT2D eigenvalue weighted by Crippen LogP contribution is -2.59. The van der Waals surface area contributed by atoms with Crippen LogP contribution >= 0.6 is 0 Å². The minimum Gasteiger partial charge on any atom is -0.497 e. The molecule has 1 aromatic rings. The summed E-state index contributed by atoms with van der Waals surface area (Å²) in [5, 5.41) is 3.54. The topological polar surface area (TPSA) is 131 Å². The first-order valence-electron chi connectivity index (χ1n) is 9.22. The number of Topliss-reactive ketones (excluding diaryl/α,β-unsaturated/α-hetero) is 1. The molecule has 1 aliphatic carbocycles. The molecule has 0 radical (unpaired) electrons. The fraction of sp³-hybridized carbons (Fsp3) is 0.474. The van der Waals surface area contributed by atoms with Crippen LogP contribution in [0.5, 0.6) is 5.75 Å². The van der Waals surface area contributed by atoms with Gasteiger partial charge in [-0.15, -0.1) is 0 Å². The molecule has 2 rings (SSSR count). The molecule has 1 aliphatic rings. The highest BCUT2D eigenvalue weighted by atomic mass is 16.5. The molecule has 0 heterocycles. The molecule has 4 N–H and O–H groups in total. The van der Waals surface area contributed by atoms with Crippen molar-refractivity contribution in [3.63, 3.8) is 0 Å². The van der Waals surface area contributed by atoms with Gasteiger partial charge in [-0.25, -0.2) is 15.2 Å². The second-order valence-corrected chi connectivity index (χ2v) is 6.73. The van der Waals surface area contributed by atoms with E-state index in [1.165, 1.54) is 38.3 Å². The fourth-order valence-electron chi connectivity index (χ4n) is 3.10. The van der Waals surface area contributed by atoms with Crippen molar-refractivity contribution in [3.05, 3.63) is 29.8 Å². The molecule has 4 amide bonds. The number of nitrogens with one attached hydrogen (secondary N) is 2. The van der Waals surface area contributed by atoms with Gasteiger partial charge in [-0.2, -0.15) is 0 Å². The maximum absolute atomic E-state index is 12.7. The number of carbonyl (C=O) groups excluding carboxylic acids is 4. The highest BCUT2D eigenvalue weighted by molar-refractivity contribution is 6.43. The summed E-state index contributed by atoms with van der Waals surface area (Å²) in [6.45, 7) is 1.42. The molecule has 1 fully saturated rings. The van der Waals surface area contributed by atoms with Gasteiger partial charge in [0, 0.05) is 11.6 Å². The lowest BCUT2D eigenvalue weighted by atomic mass is 9.95. The second kappa shape index (κ2) is 9.72. The van der Waals surface area contributed by atoms with E-state index in [-0.39, 0.29) is 11.6 Å². The minimum atomic E-state index is -1.11. The highest BCUT2D eigenvalue weighted by Gasteiger charge is 2.33. The number of hydrogen-bond acceptors (Lipinski definition) is 5. The van der Waals surface area contributed by atoms with Crippen molar-refractivity contribution in [2.24, 2.45) is 5.73 Å². The van der Waals surface area contributed by atoms with Crippen molar-refractivity contribution in [1.82, 2.24) is 15.8 Å². The summed E-state index contributed by atoms with van der Waals surface area (Å²) in [6, 6.07) is 3.78. The van der Waals surface area contributed by atoms with E-state index in [2.05, 4.69) is 10.7 Å². The number of amides is 4. The molecule has 0 aromatic heterocycles. The monoisotopic (exact) mass is 390 g/mol. The van der Waals surface area contributed by atoms with Gasteiger partial charge in [0.15, 0.2) is 0 Å². The Morgan fingerprint density at radius 2 is 1.71 bits per heavy atom. The van der Waals surface area contributed by atoms with E-state index < -0.39 is 29.7 Å². The third kappa shape index (κ3) is 5.45. The van der Waals surface area contributed by atoms with Crippen LogP contribution in [0.15, 0.2) is 24.3 Å². The first-order chi connectivity index (χ1) is 13.3. The summed E-state index contributed by atoms with van der Waals surface area (Å²) in [5.74, 6) is -1.88.